The predicted molar refractivity (Wildman–Crippen MR) is 131 cm³/mol. The number of aryl methyl sites for hydroxylation is 1. The van der Waals surface area contributed by atoms with E-state index in [9.17, 15) is 28.3 Å². The zero-order valence-corrected chi connectivity index (χ0v) is 20.9. The van der Waals surface area contributed by atoms with E-state index in [2.05, 4.69) is 13.8 Å². The lowest BCUT2D eigenvalue weighted by atomic mass is 9.99. The number of carbonyl (C=O) groups excluding carboxylic acids is 2. The Labute approximate surface area is 209 Å². The molecule has 8 nitrogen and oxygen atoms in total. The number of rotatable bonds is 12. The minimum absolute atomic E-state index is 0.0466. The normalized spacial score (nSPS) is 13.4. The molecule has 0 saturated heterocycles. The number of benzene rings is 1. The average Bonchev–Trinajstić information content (AvgIpc) is 2.86. The molecular formula is C26H33F2N3O5. The van der Waals surface area contributed by atoms with Crippen LogP contribution in [0.1, 0.15) is 65.9 Å². The van der Waals surface area contributed by atoms with E-state index >= 15 is 0 Å². The molecule has 1 aliphatic heterocycles. The Kier molecular flexibility index (Phi) is 9.19. The summed E-state index contributed by atoms with van der Waals surface area (Å²) in [4.78, 5) is 40.5. The lowest BCUT2D eigenvalue weighted by Gasteiger charge is -2.40. The minimum Gasteiger partial charge on any atom is -0.502 e. The van der Waals surface area contributed by atoms with E-state index in [0.29, 0.717) is 12.5 Å². The summed E-state index contributed by atoms with van der Waals surface area (Å²) in [6.45, 7) is 5.51. The van der Waals surface area contributed by atoms with Crippen molar-refractivity contribution in [2.24, 2.45) is 5.92 Å². The van der Waals surface area contributed by atoms with Crippen molar-refractivity contribution in [2.45, 2.75) is 46.0 Å². The number of aromatic hydroxyl groups is 1. The summed E-state index contributed by atoms with van der Waals surface area (Å²) >= 11 is 0. The number of methoxy groups -OCH3 is 1. The van der Waals surface area contributed by atoms with Crippen LogP contribution in [0.3, 0.4) is 0 Å². The van der Waals surface area contributed by atoms with Gasteiger partial charge in [-0.3, -0.25) is 24.1 Å². The molecule has 196 valence electrons. The number of carbonyl (C=O) groups is 2. The maximum Gasteiger partial charge on any atom is 0.277 e. The zero-order valence-electron chi connectivity index (χ0n) is 20.9. The largest absolute Gasteiger partial charge is 0.502 e. The van der Waals surface area contributed by atoms with Gasteiger partial charge >= 0.3 is 0 Å². The number of aromatic nitrogens is 1. The van der Waals surface area contributed by atoms with Crippen LogP contribution in [-0.2, 0) is 11.2 Å². The van der Waals surface area contributed by atoms with Gasteiger partial charge in [0.2, 0.25) is 5.43 Å². The Morgan fingerprint density at radius 2 is 1.89 bits per heavy atom. The number of ketones is 1. The van der Waals surface area contributed by atoms with Gasteiger partial charge in [0.05, 0.1) is 12.2 Å². The summed E-state index contributed by atoms with van der Waals surface area (Å²) < 4.78 is 33.7. The van der Waals surface area contributed by atoms with Gasteiger partial charge in [0, 0.05) is 38.9 Å². The van der Waals surface area contributed by atoms with Crippen LogP contribution in [-0.4, -0.2) is 59.8 Å². The summed E-state index contributed by atoms with van der Waals surface area (Å²) in [5, 5.41) is 12.6. The Morgan fingerprint density at radius 3 is 2.53 bits per heavy atom. The molecule has 2 aromatic rings. The van der Waals surface area contributed by atoms with Crippen molar-refractivity contribution in [3.8, 4) is 5.75 Å². The fraction of sp³-hybridized carbons (Fsp3) is 0.500. The van der Waals surface area contributed by atoms with Gasteiger partial charge in [-0.2, -0.15) is 0 Å². The molecule has 2 heterocycles. The van der Waals surface area contributed by atoms with E-state index in [0.717, 1.165) is 31.4 Å². The van der Waals surface area contributed by atoms with Gasteiger partial charge < -0.3 is 14.7 Å². The highest BCUT2D eigenvalue weighted by Crippen LogP contribution is 2.23. The van der Waals surface area contributed by atoms with Crippen molar-refractivity contribution >= 4 is 11.7 Å². The van der Waals surface area contributed by atoms with Crippen molar-refractivity contribution < 1.29 is 28.2 Å². The van der Waals surface area contributed by atoms with E-state index in [4.69, 9.17) is 4.74 Å². The standard InChI is InChI=1S/C26H33F2N3O5/c1-4-17(5-2)10-11-30-16-29(12-13-36-3)26(35)23-25(34)24(33)20(15-31(23)30)22(32)9-7-18-6-8-19(27)14-21(18)28/h6,8,14-15,17,34H,4-5,7,9-13,16H2,1-3H3. The van der Waals surface area contributed by atoms with E-state index in [1.807, 2.05) is 5.01 Å². The maximum atomic E-state index is 14.0. The topological polar surface area (TPSA) is 92.1 Å². The van der Waals surface area contributed by atoms with Crippen LogP contribution < -0.4 is 10.4 Å². The minimum atomic E-state index is -0.951. The molecule has 1 N–H and O–H groups in total. The summed E-state index contributed by atoms with van der Waals surface area (Å²) in [5.41, 5.74) is -1.30. The molecule has 1 aromatic carbocycles. The van der Waals surface area contributed by atoms with E-state index in [-0.39, 0.29) is 49.5 Å². The van der Waals surface area contributed by atoms with E-state index in [1.165, 1.54) is 28.9 Å². The third-order valence-corrected chi connectivity index (χ3v) is 6.75. The van der Waals surface area contributed by atoms with Gasteiger partial charge in [0.25, 0.3) is 5.91 Å². The second kappa shape index (κ2) is 12.1. The number of Topliss-reactive ketones (excluding diaryl/α,β-unsaturated/α-hetero) is 1. The van der Waals surface area contributed by atoms with Crippen molar-refractivity contribution in [1.29, 1.82) is 0 Å². The first-order valence-electron chi connectivity index (χ1n) is 12.2. The molecule has 0 aliphatic carbocycles. The Morgan fingerprint density at radius 1 is 1.17 bits per heavy atom. The molecule has 1 aliphatic rings. The van der Waals surface area contributed by atoms with Crippen LogP contribution in [0, 0.1) is 17.6 Å². The van der Waals surface area contributed by atoms with Gasteiger partial charge in [0.1, 0.15) is 18.3 Å². The zero-order chi connectivity index (χ0) is 26.4. The molecule has 0 atom stereocenters. The van der Waals surface area contributed by atoms with Gasteiger partial charge in [-0.1, -0.05) is 32.8 Å². The van der Waals surface area contributed by atoms with E-state index in [1.54, 1.807) is 0 Å². The average molecular weight is 506 g/mol. The van der Waals surface area contributed by atoms with Crippen LogP contribution in [0.4, 0.5) is 8.78 Å². The number of hydrogen-bond donors (Lipinski definition) is 1. The Balaban J connectivity index is 1.94. The number of amides is 1. The van der Waals surface area contributed by atoms with Gasteiger partial charge in [0.15, 0.2) is 17.2 Å². The fourth-order valence-corrected chi connectivity index (χ4v) is 4.38. The number of fused-ring (bicyclic) bond motifs is 1. The second-order valence-corrected chi connectivity index (χ2v) is 8.98. The van der Waals surface area contributed by atoms with Crippen molar-refractivity contribution in [2.75, 3.05) is 38.5 Å². The van der Waals surface area contributed by atoms with Crippen LogP contribution in [0.5, 0.6) is 5.75 Å². The number of ether oxygens (including phenoxy) is 1. The molecule has 3 rings (SSSR count). The highest BCUT2D eigenvalue weighted by atomic mass is 19.1. The second-order valence-electron chi connectivity index (χ2n) is 8.98. The van der Waals surface area contributed by atoms with Crippen LogP contribution in [0.25, 0.3) is 0 Å². The molecule has 0 radical (unpaired) electrons. The summed E-state index contributed by atoms with van der Waals surface area (Å²) in [7, 11) is 1.52. The number of pyridine rings is 1. The molecule has 1 aromatic heterocycles. The fourth-order valence-electron chi connectivity index (χ4n) is 4.38. The van der Waals surface area contributed by atoms with Crippen LogP contribution >= 0.6 is 0 Å². The Hall–Kier alpha value is -3.27. The third-order valence-electron chi connectivity index (χ3n) is 6.75. The molecule has 0 spiro atoms. The molecule has 0 unspecified atom stereocenters. The molecule has 0 bridgehead atoms. The monoisotopic (exact) mass is 505 g/mol. The van der Waals surface area contributed by atoms with Crippen LogP contribution in [0.15, 0.2) is 29.2 Å². The lowest BCUT2D eigenvalue weighted by Crippen LogP contribution is -2.55. The van der Waals surface area contributed by atoms with Crippen molar-refractivity contribution in [3.63, 3.8) is 0 Å². The first-order valence-corrected chi connectivity index (χ1v) is 12.2. The highest BCUT2D eigenvalue weighted by Gasteiger charge is 2.34. The highest BCUT2D eigenvalue weighted by molar-refractivity contribution is 6.00. The van der Waals surface area contributed by atoms with Crippen molar-refractivity contribution in [1.82, 2.24) is 9.58 Å². The summed E-state index contributed by atoms with van der Waals surface area (Å²) in [6.07, 6.45) is 3.82. The number of hydrogen-bond acceptors (Lipinski definition) is 6. The Bertz CT molecular complexity index is 1160. The molecule has 0 fully saturated rings. The lowest BCUT2D eigenvalue weighted by molar-refractivity contribution is 0.0620. The van der Waals surface area contributed by atoms with Crippen LogP contribution in [0.2, 0.25) is 0 Å². The molecule has 0 saturated carbocycles. The smallest absolute Gasteiger partial charge is 0.277 e. The SMILES string of the molecule is CCC(CC)CCN1CN(CCOC)C(=O)c2c(O)c(=O)c(C(=O)CCc3ccc(F)cc3F)cn21. The molecule has 36 heavy (non-hydrogen) atoms. The maximum absolute atomic E-state index is 14.0. The quantitative estimate of drug-likeness (QED) is 0.444. The number of halogens is 2. The molecule has 1 amide bonds. The number of nitrogens with zero attached hydrogens (tertiary/aromatic N) is 3. The summed E-state index contributed by atoms with van der Waals surface area (Å²) in [6, 6.07) is 3.08. The first-order chi connectivity index (χ1) is 17.2. The summed E-state index contributed by atoms with van der Waals surface area (Å²) in [5.74, 6) is -2.98. The predicted octanol–water partition coefficient (Wildman–Crippen LogP) is 3.47. The third kappa shape index (κ3) is 5.92. The van der Waals surface area contributed by atoms with E-state index < -0.39 is 34.5 Å². The van der Waals surface area contributed by atoms with Crippen molar-refractivity contribution in [3.05, 3.63) is 63.1 Å². The van der Waals surface area contributed by atoms with Gasteiger partial charge in [-0.15, -0.1) is 0 Å². The first kappa shape index (κ1) is 27.3. The molecule has 10 heteroatoms. The van der Waals surface area contributed by atoms with Gasteiger partial charge in [-0.25, -0.2) is 8.78 Å². The molecular weight excluding hydrogens is 472 g/mol. The van der Waals surface area contributed by atoms with Gasteiger partial charge in [-0.05, 0) is 30.4 Å².